The average molecular weight is 2100 g/mol. The minimum Gasteiger partial charge on any atom is -0.497 e. The van der Waals surface area contributed by atoms with Crippen molar-refractivity contribution in [2.24, 2.45) is 0 Å². The number of hydrogen-bond donors (Lipinski definition) is 5. The number of alkyl halides is 1. The SMILES string of the molecule is CCOC(=O)N1CCc2c([nH]c3ccc(Br)cc23)C1c1ccc(C(C)C)cc1.CCOC(=O)N1CCc2c([nH]c3ccc(Br)cc23)C1c1ccc(C)cc1.CCOC(=O)N1CCc2c([nH]c3ccc(Br)cc23)C1c1ccc(OC)cc1.CCOC(=O)N1CCc2c([nH]c3ccc(Cl)cc23)C1c1ccc(Cl)cc1.O=C(OCCCl)N1CCc2c([nH]c3ccc(Cl)cc23)C1c1cccc(F)c1F. The predicted octanol–water partition coefficient (Wildman–Crippen LogP) is 27.5. The zero-order valence-corrected chi connectivity index (χ0v) is 83.3. The van der Waals surface area contributed by atoms with Crippen LogP contribution in [0.1, 0.15) is 173 Å². The molecule has 5 aliphatic heterocycles. The molecule has 5 amide bonds. The minimum atomic E-state index is -0.993. The van der Waals surface area contributed by atoms with Crippen molar-refractivity contribution in [3.63, 3.8) is 0 Å². The zero-order valence-electron chi connectivity index (χ0n) is 75.5. The molecule has 20 rings (SSSR count). The van der Waals surface area contributed by atoms with Crippen molar-refractivity contribution >= 4 is 179 Å². The van der Waals surface area contributed by atoms with Gasteiger partial charge in [-0.25, -0.2) is 32.8 Å². The standard InChI is InChI=1S/C23H25BrN2O2.C21H21BrN2O3.C21H21BrN2O2.C20H16Cl2F2N2O2.C20H18Cl2N2O2/c1-4-28-23(27)26-12-11-18-19-13-17(24)9-10-20(19)25-21(18)22(26)16-7-5-15(6-8-16)14(2)3;1-3-27-21(25)24-11-10-16-17-12-14(22)6-9-18(17)23-19(16)20(24)13-4-7-15(26-2)8-5-13;1-3-26-21(25)24-11-10-16-17-12-15(22)8-9-18(17)23-19(16)20(24)14-6-4-13(2)5-7-14;21-7-9-28-20(27)26-8-6-12-14-10-11(22)4-5-16(14)25-18(12)19(26)13-2-1-3-15(23)17(13)24;1-2-26-20(25)24-10-9-15-16-11-14(22)7-8-17(16)23-18(15)19(24)12-3-5-13(21)6-4-12/h5-10,13-14,22,25H,4,11-12H2,1-3H3;4-9,12,20,23H,3,10-11H2,1-2H3;4-9,12,20,23H,3,10-11H2,1-2H3;1-5,10,19,25H,6-9H2;3-8,11,19,23H,2,9-10H2,1H3. The van der Waals surface area contributed by atoms with Crippen LogP contribution in [0.2, 0.25) is 15.1 Å². The number of methoxy groups -OCH3 is 1. The van der Waals surface area contributed by atoms with E-state index in [9.17, 15) is 32.8 Å². The largest absolute Gasteiger partial charge is 0.497 e. The Morgan fingerprint density at radius 2 is 0.681 bits per heavy atom. The molecule has 0 bridgehead atoms. The number of amides is 5. The number of halogens is 9. The second-order valence-electron chi connectivity index (χ2n) is 33.6. The first-order valence-corrected chi connectivity index (χ1v) is 49.1. The Labute approximate surface area is 826 Å². The number of aromatic nitrogens is 5. The monoisotopic (exact) mass is 2090 g/mol. The molecule has 0 saturated carbocycles. The highest BCUT2D eigenvalue weighted by atomic mass is 79.9. The highest BCUT2D eigenvalue weighted by Gasteiger charge is 2.42. The topological polar surface area (TPSA) is 236 Å². The number of carbonyl (C=O) groups excluding carboxylic acids is 5. The summed E-state index contributed by atoms with van der Waals surface area (Å²) in [6.07, 6.45) is 1.94. The van der Waals surface area contributed by atoms with Crippen LogP contribution in [0.5, 0.6) is 5.75 Å². The molecule has 5 aliphatic rings. The van der Waals surface area contributed by atoms with E-state index in [2.05, 4.69) is 178 Å². The summed E-state index contributed by atoms with van der Waals surface area (Å²) in [5, 5.41) is 7.58. The number of rotatable bonds is 13. The maximum absolute atomic E-state index is 14.7. The van der Waals surface area contributed by atoms with Gasteiger partial charge in [-0.05, 0) is 250 Å². The van der Waals surface area contributed by atoms with Gasteiger partial charge in [0.15, 0.2) is 11.6 Å². The van der Waals surface area contributed by atoms with Gasteiger partial charge in [-0.2, -0.15) is 0 Å². The van der Waals surface area contributed by atoms with Crippen LogP contribution in [0, 0.1) is 18.6 Å². The van der Waals surface area contributed by atoms with Crippen LogP contribution in [-0.4, -0.2) is 159 Å². The van der Waals surface area contributed by atoms with E-state index in [4.69, 9.17) is 74.8 Å². The smallest absolute Gasteiger partial charge is 0.410 e. The van der Waals surface area contributed by atoms with Gasteiger partial charge in [-0.15, -0.1) is 11.6 Å². The van der Waals surface area contributed by atoms with E-state index in [0.717, 1.165) is 140 Å². The molecule has 700 valence electrons. The lowest BCUT2D eigenvalue weighted by molar-refractivity contribution is 0.0923. The Morgan fingerprint density at radius 3 is 1.01 bits per heavy atom. The molecule has 0 saturated heterocycles. The molecule has 0 fully saturated rings. The number of fused-ring (bicyclic) bond motifs is 15. The zero-order chi connectivity index (χ0) is 95.2. The molecule has 5 N–H and O–H groups in total. The van der Waals surface area contributed by atoms with Crippen molar-refractivity contribution < 1.29 is 61.2 Å². The quantitative estimate of drug-likeness (QED) is 0.0538. The Balaban J connectivity index is 0.000000123. The fourth-order valence-corrected chi connectivity index (χ4v) is 20.6. The van der Waals surface area contributed by atoms with E-state index in [-0.39, 0.29) is 73.1 Å². The summed E-state index contributed by atoms with van der Waals surface area (Å²) >= 11 is 34.7. The molecule has 10 aromatic carbocycles. The van der Waals surface area contributed by atoms with Crippen molar-refractivity contribution in [1.82, 2.24) is 49.4 Å². The fraction of sp³-hybridized carbons (Fsp3) is 0.286. The van der Waals surface area contributed by atoms with E-state index in [1.807, 2.05) is 135 Å². The highest BCUT2D eigenvalue weighted by Crippen LogP contribution is 2.47. The summed E-state index contributed by atoms with van der Waals surface area (Å²) in [5.74, 6) is -0.556. The number of aromatic amines is 5. The van der Waals surface area contributed by atoms with E-state index < -0.39 is 23.8 Å². The van der Waals surface area contributed by atoms with Crippen LogP contribution in [0.3, 0.4) is 0 Å². The first-order valence-electron chi connectivity index (χ1n) is 45.0. The number of hydrogen-bond acceptors (Lipinski definition) is 11. The van der Waals surface area contributed by atoms with Gasteiger partial charge in [0, 0.05) is 150 Å². The molecule has 0 radical (unpaired) electrons. The van der Waals surface area contributed by atoms with Gasteiger partial charge in [0.05, 0.1) is 39.4 Å². The number of nitrogens with one attached hydrogen (secondary N) is 5. The number of carbonyl (C=O) groups is 5. The van der Waals surface area contributed by atoms with Gasteiger partial charge in [0.25, 0.3) is 0 Å². The number of aryl methyl sites for hydroxylation is 1. The Bertz CT molecular complexity index is 6710. The van der Waals surface area contributed by atoms with Gasteiger partial charge in [0.1, 0.15) is 42.6 Å². The summed E-state index contributed by atoms with van der Waals surface area (Å²) < 4.78 is 63.6. The van der Waals surface area contributed by atoms with Crippen molar-refractivity contribution in [2.45, 2.75) is 117 Å². The Hall–Kier alpha value is -11.5. The number of nitrogens with zero attached hydrogens (tertiary/aromatic N) is 5. The second kappa shape index (κ2) is 42.8. The normalized spacial score (nSPS) is 16.4. The molecular weight excluding hydrogens is 2000 g/mol. The first kappa shape index (κ1) is 96.6. The summed E-state index contributed by atoms with van der Waals surface area (Å²) in [7, 11) is 1.65. The lowest BCUT2D eigenvalue weighted by Gasteiger charge is -2.35. The Morgan fingerprint density at radius 1 is 0.385 bits per heavy atom. The third-order valence-electron chi connectivity index (χ3n) is 25.2. The summed E-state index contributed by atoms with van der Waals surface area (Å²) in [5.41, 5.74) is 22.7. The molecular formula is C105H101Br3Cl4F2N10O11. The maximum atomic E-state index is 14.7. The number of ether oxygens (including phenoxy) is 6. The highest BCUT2D eigenvalue weighted by molar-refractivity contribution is 9.11. The molecule has 5 aromatic heterocycles. The van der Waals surface area contributed by atoms with Crippen molar-refractivity contribution in [2.75, 3.05) is 78.7 Å². The van der Waals surface area contributed by atoms with Gasteiger partial charge in [-0.3, -0.25) is 24.5 Å². The van der Waals surface area contributed by atoms with Crippen molar-refractivity contribution in [1.29, 1.82) is 0 Å². The van der Waals surface area contributed by atoms with E-state index in [1.54, 1.807) is 23.0 Å². The van der Waals surface area contributed by atoms with E-state index in [1.165, 1.54) is 66.6 Å². The summed E-state index contributed by atoms with van der Waals surface area (Å²) in [4.78, 5) is 89.2. The first-order chi connectivity index (χ1) is 65.3. The second-order valence-corrected chi connectivity index (χ2v) is 38.0. The van der Waals surface area contributed by atoms with E-state index in [0.29, 0.717) is 85.7 Å². The molecule has 15 aromatic rings. The lowest BCUT2D eigenvalue weighted by atomic mass is 9.91. The average Bonchev–Trinajstić information content (AvgIpc) is 1.63. The van der Waals surface area contributed by atoms with E-state index >= 15 is 0 Å². The third-order valence-corrected chi connectivity index (χ3v) is 27.6. The van der Waals surface area contributed by atoms with Gasteiger partial charge in [0.2, 0.25) is 0 Å². The van der Waals surface area contributed by atoms with Crippen LogP contribution >= 0.6 is 94.2 Å². The van der Waals surface area contributed by atoms with Gasteiger partial charge < -0.3 is 53.3 Å². The molecule has 21 nitrogen and oxygen atoms in total. The van der Waals surface area contributed by atoms with Gasteiger partial charge >= 0.3 is 30.5 Å². The molecule has 0 spiro atoms. The molecule has 30 heteroatoms. The van der Waals surface area contributed by atoms with Gasteiger partial charge in [-0.1, -0.05) is 187 Å². The van der Waals surface area contributed by atoms with Crippen molar-refractivity contribution in [3.05, 3.63) is 342 Å². The lowest BCUT2D eigenvalue weighted by Crippen LogP contribution is -2.41. The van der Waals surface area contributed by atoms with Crippen LogP contribution in [0.25, 0.3) is 54.5 Å². The van der Waals surface area contributed by atoms with Crippen molar-refractivity contribution in [3.8, 4) is 5.75 Å². The molecule has 5 atom stereocenters. The predicted molar refractivity (Wildman–Crippen MR) is 539 cm³/mol. The molecule has 135 heavy (non-hydrogen) atoms. The van der Waals surface area contributed by atoms with Crippen LogP contribution in [0.4, 0.5) is 32.8 Å². The van der Waals surface area contributed by atoms with Crippen LogP contribution < -0.4 is 4.74 Å². The molecule has 0 aliphatic carbocycles. The number of H-pyrrole nitrogens is 5. The van der Waals surface area contributed by atoms with Crippen LogP contribution in [0.15, 0.2) is 220 Å². The molecule has 5 unspecified atom stereocenters. The molecule has 10 heterocycles. The fourth-order valence-electron chi connectivity index (χ4n) is 19.0. The summed E-state index contributed by atoms with van der Waals surface area (Å²) in [6.45, 7) is 18.0. The summed E-state index contributed by atoms with van der Waals surface area (Å²) in [6, 6.07) is 64.7. The minimum absolute atomic E-state index is 0.0322. The Kier molecular flexibility index (Phi) is 30.7. The number of benzene rings is 10. The van der Waals surface area contributed by atoms with Crippen LogP contribution in [-0.2, 0) is 55.8 Å². The maximum Gasteiger partial charge on any atom is 0.410 e. The third kappa shape index (κ3) is 20.5.